The summed E-state index contributed by atoms with van der Waals surface area (Å²) in [4.78, 5) is 1.94. The van der Waals surface area contributed by atoms with Gasteiger partial charge in [0.25, 0.3) is 0 Å². The number of anilines is 1. The van der Waals surface area contributed by atoms with Gasteiger partial charge in [0.05, 0.1) is 11.5 Å². The summed E-state index contributed by atoms with van der Waals surface area (Å²) < 4.78 is 35.7. The third kappa shape index (κ3) is 2.90. The van der Waals surface area contributed by atoms with Gasteiger partial charge in [-0.1, -0.05) is 0 Å². The molecule has 0 atom stereocenters. The van der Waals surface area contributed by atoms with Gasteiger partial charge in [0, 0.05) is 24.7 Å². The van der Waals surface area contributed by atoms with Gasteiger partial charge in [0.15, 0.2) is 9.84 Å². The number of hydrogen-bond acceptors (Lipinski definition) is 3. The minimum Gasteiger partial charge on any atom is -0.369 e. The second-order valence-corrected chi connectivity index (χ2v) is 6.62. The van der Waals surface area contributed by atoms with Gasteiger partial charge in [-0.3, -0.25) is 0 Å². The lowest BCUT2D eigenvalue weighted by molar-refractivity contribution is 0.586. The van der Waals surface area contributed by atoms with Crippen molar-refractivity contribution in [3.8, 4) is 0 Å². The summed E-state index contributed by atoms with van der Waals surface area (Å²) in [6, 6.07) is 4.42. The van der Waals surface area contributed by atoms with Gasteiger partial charge in [0.1, 0.15) is 5.82 Å². The largest absolute Gasteiger partial charge is 0.369 e. The van der Waals surface area contributed by atoms with Crippen molar-refractivity contribution >= 4 is 27.1 Å². The van der Waals surface area contributed by atoms with E-state index in [1.807, 2.05) is 4.90 Å². The summed E-state index contributed by atoms with van der Waals surface area (Å²) in [5.41, 5.74) is 1.53. The van der Waals surface area contributed by atoms with Crippen LogP contribution in [0.5, 0.6) is 0 Å². The predicted molar refractivity (Wildman–Crippen MR) is 66.8 cm³/mol. The Hall–Kier alpha value is -0.810. The third-order valence-electron chi connectivity index (χ3n) is 2.87. The number of rotatable bonds is 2. The normalized spacial score (nSPS) is 19.3. The molecule has 0 amide bonds. The molecule has 0 unspecified atom stereocenters. The molecule has 1 fully saturated rings. The molecule has 94 valence electrons. The van der Waals surface area contributed by atoms with Crippen molar-refractivity contribution in [2.45, 2.75) is 5.88 Å². The van der Waals surface area contributed by atoms with Crippen LogP contribution in [-0.2, 0) is 15.7 Å². The molecule has 0 aromatic heterocycles. The van der Waals surface area contributed by atoms with E-state index in [2.05, 4.69) is 0 Å². The molecule has 1 aromatic rings. The molecule has 3 nitrogen and oxygen atoms in total. The van der Waals surface area contributed by atoms with Gasteiger partial charge >= 0.3 is 0 Å². The van der Waals surface area contributed by atoms with E-state index in [9.17, 15) is 12.8 Å². The molecule has 1 heterocycles. The lowest BCUT2D eigenvalue weighted by Crippen LogP contribution is -2.40. The Labute approximate surface area is 105 Å². The first-order chi connectivity index (χ1) is 8.02. The van der Waals surface area contributed by atoms with Crippen molar-refractivity contribution in [3.05, 3.63) is 29.6 Å². The molecule has 0 aliphatic carbocycles. The minimum atomic E-state index is -2.90. The van der Waals surface area contributed by atoms with Crippen molar-refractivity contribution in [3.63, 3.8) is 0 Å². The number of hydrogen-bond donors (Lipinski definition) is 0. The van der Waals surface area contributed by atoms with Crippen LogP contribution in [0.1, 0.15) is 5.56 Å². The van der Waals surface area contributed by atoms with Crippen molar-refractivity contribution in [1.29, 1.82) is 0 Å². The van der Waals surface area contributed by atoms with Crippen LogP contribution in [0.15, 0.2) is 18.2 Å². The molecule has 1 aliphatic heterocycles. The lowest BCUT2D eigenvalue weighted by atomic mass is 10.1. The second kappa shape index (κ2) is 4.82. The molecule has 1 aliphatic rings. The highest BCUT2D eigenvalue weighted by atomic mass is 35.5. The molecule has 0 N–H and O–H groups in total. The van der Waals surface area contributed by atoms with E-state index in [0.29, 0.717) is 18.7 Å². The van der Waals surface area contributed by atoms with Crippen LogP contribution < -0.4 is 4.90 Å². The highest BCUT2D eigenvalue weighted by Gasteiger charge is 2.23. The average Bonchev–Trinajstić information content (AvgIpc) is 2.29. The first kappa shape index (κ1) is 12.6. The highest BCUT2D eigenvalue weighted by molar-refractivity contribution is 7.91. The molecule has 0 radical (unpaired) electrons. The van der Waals surface area contributed by atoms with Crippen molar-refractivity contribution in [2.24, 2.45) is 0 Å². The minimum absolute atomic E-state index is 0.145. The molecular formula is C11H13ClFNO2S. The van der Waals surface area contributed by atoms with Gasteiger partial charge in [-0.2, -0.15) is 0 Å². The molecule has 2 rings (SSSR count). The van der Waals surface area contributed by atoms with E-state index in [0.717, 1.165) is 5.69 Å². The first-order valence-corrected chi connectivity index (χ1v) is 7.67. The average molecular weight is 278 g/mol. The molecule has 0 saturated carbocycles. The molecule has 1 aromatic carbocycles. The maximum Gasteiger partial charge on any atom is 0.153 e. The number of alkyl halides is 1. The van der Waals surface area contributed by atoms with Crippen molar-refractivity contribution < 1.29 is 12.8 Å². The zero-order valence-corrected chi connectivity index (χ0v) is 10.8. The predicted octanol–water partition coefficient (Wildman–Crippen LogP) is 1.80. The molecule has 17 heavy (non-hydrogen) atoms. The maximum absolute atomic E-state index is 13.1. The van der Waals surface area contributed by atoms with Crippen molar-refractivity contribution in [1.82, 2.24) is 0 Å². The first-order valence-electron chi connectivity index (χ1n) is 5.31. The number of benzene rings is 1. The van der Waals surface area contributed by atoms with Gasteiger partial charge in [0.2, 0.25) is 0 Å². The molecule has 6 heteroatoms. The Bertz CT molecular complexity index is 504. The standard InChI is InChI=1S/C11H13ClFNO2S/c12-8-9-7-10(13)1-2-11(9)14-3-5-17(15,16)6-4-14/h1-2,7H,3-6,8H2. The lowest BCUT2D eigenvalue weighted by Gasteiger charge is -2.30. The molecular weight excluding hydrogens is 265 g/mol. The second-order valence-electron chi connectivity index (χ2n) is 4.05. The fourth-order valence-electron chi connectivity index (χ4n) is 1.92. The molecule has 0 bridgehead atoms. The van der Waals surface area contributed by atoms with Gasteiger partial charge in [-0.15, -0.1) is 11.6 Å². The van der Waals surface area contributed by atoms with Crippen LogP contribution in [-0.4, -0.2) is 33.0 Å². The summed E-state index contributed by atoms with van der Waals surface area (Å²) in [5.74, 6) is 0.184. The Balaban J connectivity index is 2.24. The maximum atomic E-state index is 13.1. The van der Waals surface area contributed by atoms with Gasteiger partial charge < -0.3 is 4.90 Å². The number of nitrogens with zero attached hydrogens (tertiary/aromatic N) is 1. The summed E-state index contributed by atoms with van der Waals surface area (Å²) in [5, 5.41) is 0. The Morgan fingerprint density at radius 3 is 2.53 bits per heavy atom. The van der Waals surface area contributed by atoms with Crippen LogP contribution in [0.4, 0.5) is 10.1 Å². The van der Waals surface area contributed by atoms with E-state index in [1.165, 1.54) is 12.1 Å². The number of halogens is 2. The monoisotopic (exact) mass is 277 g/mol. The zero-order valence-electron chi connectivity index (χ0n) is 9.20. The third-order valence-corrected chi connectivity index (χ3v) is 4.77. The van der Waals surface area contributed by atoms with Crippen LogP contribution in [0.3, 0.4) is 0 Å². The van der Waals surface area contributed by atoms with Crippen LogP contribution >= 0.6 is 11.6 Å². The fraction of sp³-hybridized carbons (Fsp3) is 0.455. The van der Waals surface area contributed by atoms with Crippen LogP contribution in [0.25, 0.3) is 0 Å². The van der Waals surface area contributed by atoms with Gasteiger partial charge in [-0.05, 0) is 23.8 Å². The van der Waals surface area contributed by atoms with Crippen LogP contribution in [0.2, 0.25) is 0 Å². The Morgan fingerprint density at radius 1 is 1.29 bits per heavy atom. The SMILES string of the molecule is O=S1(=O)CCN(c2ccc(F)cc2CCl)CC1. The van der Waals surface area contributed by atoms with Crippen LogP contribution in [0, 0.1) is 5.82 Å². The van der Waals surface area contributed by atoms with E-state index in [4.69, 9.17) is 11.6 Å². The zero-order chi connectivity index (χ0) is 12.5. The van der Waals surface area contributed by atoms with E-state index >= 15 is 0 Å². The van der Waals surface area contributed by atoms with E-state index < -0.39 is 9.84 Å². The summed E-state index contributed by atoms with van der Waals surface area (Å²) in [6.45, 7) is 0.885. The topological polar surface area (TPSA) is 37.4 Å². The summed E-state index contributed by atoms with van der Waals surface area (Å²) >= 11 is 5.77. The molecule has 0 spiro atoms. The summed E-state index contributed by atoms with van der Waals surface area (Å²) in [6.07, 6.45) is 0. The van der Waals surface area contributed by atoms with E-state index in [-0.39, 0.29) is 23.2 Å². The Kier molecular flexibility index (Phi) is 3.58. The highest BCUT2D eigenvalue weighted by Crippen LogP contribution is 2.24. The quantitative estimate of drug-likeness (QED) is 0.774. The van der Waals surface area contributed by atoms with Gasteiger partial charge in [-0.25, -0.2) is 12.8 Å². The Morgan fingerprint density at radius 2 is 1.94 bits per heavy atom. The summed E-state index contributed by atoms with van der Waals surface area (Å²) in [7, 11) is -2.90. The van der Waals surface area contributed by atoms with E-state index in [1.54, 1.807) is 6.07 Å². The smallest absolute Gasteiger partial charge is 0.153 e. The number of sulfone groups is 1. The fourth-order valence-corrected chi connectivity index (χ4v) is 3.34. The molecule has 1 saturated heterocycles. The van der Waals surface area contributed by atoms with Crippen molar-refractivity contribution in [2.75, 3.05) is 29.5 Å².